The number of aromatic nitrogens is 1. The standard InChI is InChI=1S/C20H22N2O2/c1-3-12-11-21-9-8-14-13-6-4-5-7-16(13)22-18(14)17(21)10-15(12)19(22)20(23)24-2/h3-7,15,17,19H,8-11H2,1-2H3/b12-3+/t15-,17-,19+/m0/s1. The fourth-order valence-corrected chi connectivity index (χ4v) is 5.26. The summed E-state index contributed by atoms with van der Waals surface area (Å²) < 4.78 is 7.54. The zero-order valence-corrected chi connectivity index (χ0v) is 14.2. The molecule has 4 nitrogen and oxygen atoms in total. The summed E-state index contributed by atoms with van der Waals surface area (Å²) in [5, 5.41) is 1.32. The minimum absolute atomic E-state index is 0.111. The summed E-state index contributed by atoms with van der Waals surface area (Å²) in [5.74, 6) is 0.137. The quantitative estimate of drug-likeness (QED) is 0.597. The Morgan fingerprint density at radius 2 is 2.17 bits per heavy atom. The van der Waals surface area contributed by atoms with E-state index in [2.05, 4.69) is 46.7 Å². The lowest BCUT2D eigenvalue weighted by molar-refractivity contribution is -0.147. The van der Waals surface area contributed by atoms with Gasteiger partial charge in [-0.25, -0.2) is 4.79 Å². The van der Waals surface area contributed by atoms with Crippen LogP contribution >= 0.6 is 0 Å². The van der Waals surface area contributed by atoms with E-state index in [4.69, 9.17) is 4.74 Å². The van der Waals surface area contributed by atoms with Crippen LogP contribution in [-0.2, 0) is 16.0 Å². The number of carbonyl (C=O) groups is 1. The second-order valence-electron chi connectivity index (χ2n) is 7.16. The fourth-order valence-electron chi connectivity index (χ4n) is 5.26. The third kappa shape index (κ3) is 1.64. The Labute approximate surface area is 141 Å². The normalized spacial score (nSPS) is 29.9. The molecular formula is C20H22N2O2. The molecule has 5 rings (SSSR count). The van der Waals surface area contributed by atoms with Crippen molar-refractivity contribution < 1.29 is 9.53 Å². The summed E-state index contributed by atoms with van der Waals surface area (Å²) in [6.07, 6.45) is 4.31. The number of piperidine rings is 1. The van der Waals surface area contributed by atoms with E-state index in [1.54, 1.807) is 0 Å². The van der Waals surface area contributed by atoms with Crippen molar-refractivity contribution in [3.8, 4) is 0 Å². The van der Waals surface area contributed by atoms with Crippen LogP contribution in [0, 0.1) is 5.92 Å². The van der Waals surface area contributed by atoms with E-state index in [-0.39, 0.29) is 17.9 Å². The van der Waals surface area contributed by atoms with Crippen LogP contribution in [0.2, 0.25) is 0 Å². The topological polar surface area (TPSA) is 34.5 Å². The highest BCUT2D eigenvalue weighted by atomic mass is 16.5. The zero-order chi connectivity index (χ0) is 16.4. The van der Waals surface area contributed by atoms with Crippen LogP contribution < -0.4 is 0 Å². The molecule has 2 aromatic rings. The number of hydrogen-bond donors (Lipinski definition) is 0. The minimum atomic E-state index is -0.230. The van der Waals surface area contributed by atoms with Crippen LogP contribution in [0.3, 0.4) is 0 Å². The van der Waals surface area contributed by atoms with Crippen LogP contribution in [0.15, 0.2) is 35.9 Å². The van der Waals surface area contributed by atoms with E-state index < -0.39 is 0 Å². The van der Waals surface area contributed by atoms with Crippen molar-refractivity contribution in [1.29, 1.82) is 0 Å². The van der Waals surface area contributed by atoms with Crippen LogP contribution in [-0.4, -0.2) is 35.6 Å². The Morgan fingerprint density at radius 1 is 1.33 bits per heavy atom. The average Bonchev–Trinajstić information content (AvgIpc) is 2.96. The zero-order valence-electron chi connectivity index (χ0n) is 14.2. The van der Waals surface area contributed by atoms with Crippen molar-refractivity contribution in [2.24, 2.45) is 5.92 Å². The number of hydrogen-bond acceptors (Lipinski definition) is 3. The summed E-state index contributed by atoms with van der Waals surface area (Å²) >= 11 is 0. The number of para-hydroxylation sites is 1. The van der Waals surface area contributed by atoms with E-state index in [0.717, 1.165) is 25.9 Å². The van der Waals surface area contributed by atoms with Gasteiger partial charge in [0.25, 0.3) is 0 Å². The van der Waals surface area contributed by atoms with Gasteiger partial charge in [-0.2, -0.15) is 0 Å². The number of allylic oxidation sites excluding steroid dienone is 1. The molecule has 4 heteroatoms. The third-order valence-electron chi connectivity index (χ3n) is 6.27. The number of carbonyl (C=O) groups excluding carboxylic acids is 1. The number of esters is 1. The molecule has 1 fully saturated rings. The van der Waals surface area contributed by atoms with Gasteiger partial charge in [0.15, 0.2) is 0 Å². The highest BCUT2D eigenvalue weighted by Gasteiger charge is 2.49. The van der Waals surface area contributed by atoms with E-state index in [9.17, 15) is 4.79 Å². The van der Waals surface area contributed by atoms with Gasteiger partial charge >= 0.3 is 5.97 Å². The van der Waals surface area contributed by atoms with Gasteiger partial charge in [0.1, 0.15) is 6.04 Å². The molecule has 1 aromatic carbocycles. The van der Waals surface area contributed by atoms with Gasteiger partial charge in [-0.15, -0.1) is 0 Å². The van der Waals surface area contributed by atoms with Crippen molar-refractivity contribution in [3.05, 3.63) is 47.2 Å². The molecule has 0 saturated carbocycles. The van der Waals surface area contributed by atoms with Gasteiger partial charge in [-0.1, -0.05) is 29.8 Å². The van der Waals surface area contributed by atoms with E-state index in [0.29, 0.717) is 6.04 Å². The molecule has 1 saturated heterocycles. The van der Waals surface area contributed by atoms with Crippen LogP contribution in [0.1, 0.15) is 36.7 Å². The Morgan fingerprint density at radius 3 is 2.96 bits per heavy atom. The molecule has 3 aliphatic rings. The molecule has 0 N–H and O–H groups in total. The summed E-state index contributed by atoms with van der Waals surface area (Å²) in [6.45, 7) is 4.20. The largest absolute Gasteiger partial charge is 0.467 e. The Balaban J connectivity index is 1.86. The summed E-state index contributed by atoms with van der Waals surface area (Å²) in [6, 6.07) is 8.75. The van der Waals surface area contributed by atoms with Gasteiger partial charge < -0.3 is 9.30 Å². The molecular weight excluding hydrogens is 300 g/mol. The molecule has 1 aromatic heterocycles. The molecule has 124 valence electrons. The number of ether oxygens (including phenoxy) is 1. The Kier molecular flexibility index (Phi) is 2.95. The van der Waals surface area contributed by atoms with Gasteiger partial charge in [0, 0.05) is 35.6 Å². The minimum Gasteiger partial charge on any atom is -0.467 e. The second kappa shape index (κ2) is 4.96. The number of rotatable bonds is 1. The molecule has 0 radical (unpaired) electrons. The number of fused-ring (bicyclic) bond motifs is 4. The SMILES string of the molecule is C/C=C1\CN2CCc3c4n(c5ccccc35)[C@@H](C(=O)OC)[C@H]1C[C@@H]42. The first-order valence-electron chi connectivity index (χ1n) is 8.83. The van der Waals surface area contributed by atoms with Gasteiger partial charge in [-0.05, 0) is 31.4 Å². The molecule has 0 spiro atoms. The number of nitrogens with zero attached hydrogens (tertiary/aromatic N) is 2. The average molecular weight is 322 g/mol. The summed E-state index contributed by atoms with van der Waals surface area (Å²) in [7, 11) is 1.51. The maximum Gasteiger partial charge on any atom is 0.329 e. The highest BCUT2D eigenvalue weighted by molar-refractivity contribution is 5.89. The number of methoxy groups -OCH3 is 1. The summed E-state index contributed by atoms with van der Waals surface area (Å²) in [4.78, 5) is 15.4. The lowest BCUT2D eigenvalue weighted by Crippen LogP contribution is -2.50. The monoisotopic (exact) mass is 322 g/mol. The maximum atomic E-state index is 12.8. The Hall–Kier alpha value is -2.07. The molecule has 3 atom stereocenters. The first-order valence-corrected chi connectivity index (χ1v) is 8.83. The van der Waals surface area contributed by atoms with E-state index in [1.165, 1.54) is 34.8 Å². The third-order valence-corrected chi connectivity index (χ3v) is 6.27. The van der Waals surface area contributed by atoms with Crippen molar-refractivity contribution in [2.45, 2.75) is 31.8 Å². The smallest absolute Gasteiger partial charge is 0.329 e. The van der Waals surface area contributed by atoms with Crippen molar-refractivity contribution in [2.75, 3.05) is 20.2 Å². The van der Waals surface area contributed by atoms with Gasteiger partial charge in [0.05, 0.1) is 13.2 Å². The van der Waals surface area contributed by atoms with Crippen molar-refractivity contribution >= 4 is 16.9 Å². The van der Waals surface area contributed by atoms with Crippen molar-refractivity contribution in [3.63, 3.8) is 0 Å². The maximum absolute atomic E-state index is 12.8. The predicted octanol–water partition coefficient (Wildman–Crippen LogP) is 3.23. The molecule has 3 aliphatic heterocycles. The predicted molar refractivity (Wildman–Crippen MR) is 92.9 cm³/mol. The highest BCUT2D eigenvalue weighted by Crippen LogP contribution is 2.53. The van der Waals surface area contributed by atoms with Crippen LogP contribution in [0.4, 0.5) is 0 Å². The lowest BCUT2D eigenvalue weighted by atomic mass is 9.75. The van der Waals surface area contributed by atoms with E-state index >= 15 is 0 Å². The van der Waals surface area contributed by atoms with Crippen LogP contribution in [0.25, 0.3) is 10.9 Å². The second-order valence-corrected chi connectivity index (χ2v) is 7.16. The van der Waals surface area contributed by atoms with Gasteiger partial charge in [-0.3, -0.25) is 4.90 Å². The molecule has 4 heterocycles. The van der Waals surface area contributed by atoms with Gasteiger partial charge in [0.2, 0.25) is 0 Å². The lowest BCUT2D eigenvalue weighted by Gasteiger charge is -2.50. The first-order chi connectivity index (χ1) is 11.7. The molecule has 0 amide bonds. The fraction of sp³-hybridized carbons (Fsp3) is 0.450. The molecule has 0 unspecified atom stereocenters. The van der Waals surface area contributed by atoms with E-state index in [1.807, 2.05) is 0 Å². The van der Waals surface area contributed by atoms with Crippen LogP contribution in [0.5, 0.6) is 0 Å². The number of benzene rings is 1. The molecule has 2 bridgehead atoms. The van der Waals surface area contributed by atoms with Crippen molar-refractivity contribution in [1.82, 2.24) is 9.47 Å². The molecule has 24 heavy (non-hydrogen) atoms. The Bertz CT molecular complexity index is 879. The summed E-state index contributed by atoms with van der Waals surface area (Å²) in [5.41, 5.74) is 5.38. The first kappa shape index (κ1) is 14.3. The molecule has 0 aliphatic carbocycles.